The zero-order valence-electron chi connectivity index (χ0n) is 11.2. The highest BCUT2D eigenvalue weighted by Gasteiger charge is 2.05. The lowest BCUT2D eigenvalue weighted by molar-refractivity contribution is 0.459. The normalized spacial score (nSPS) is 10.6. The molecule has 1 N–H and O–H groups in total. The summed E-state index contributed by atoms with van der Waals surface area (Å²) in [7, 11) is 0. The number of benzene rings is 1. The maximum absolute atomic E-state index is 5.80. The fourth-order valence-electron chi connectivity index (χ4n) is 1.70. The van der Waals surface area contributed by atoms with Crippen molar-refractivity contribution >= 4 is 31.9 Å². The van der Waals surface area contributed by atoms with E-state index in [9.17, 15) is 0 Å². The fourth-order valence-corrected chi connectivity index (χ4v) is 2.82. The van der Waals surface area contributed by atoms with Crippen molar-refractivity contribution < 1.29 is 4.74 Å². The molecule has 2 aromatic rings. The second-order valence-electron chi connectivity index (χ2n) is 4.36. The molecule has 0 saturated carbocycles. The highest BCUT2D eigenvalue weighted by Crippen LogP contribution is 2.31. The predicted octanol–water partition coefficient (Wildman–Crippen LogP) is 4.90. The number of pyridine rings is 1. The molecule has 0 radical (unpaired) electrons. The first-order chi connectivity index (χ1) is 9.69. The van der Waals surface area contributed by atoms with Crippen LogP contribution < -0.4 is 10.1 Å². The smallest absolute Gasteiger partial charge is 0.219 e. The molecule has 1 aromatic carbocycles. The molecule has 0 fully saturated rings. The summed E-state index contributed by atoms with van der Waals surface area (Å²) in [5.41, 5.74) is 1.16. The number of nitrogens with one attached hydrogen (secondary N) is 1. The average molecular weight is 400 g/mol. The van der Waals surface area contributed by atoms with E-state index in [2.05, 4.69) is 49.1 Å². The van der Waals surface area contributed by atoms with Crippen molar-refractivity contribution in [2.24, 2.45) is 0 Å². The summed E-state index contributed by atoms with van der Waals surface area (Å²) < 4.78 is 7.70. The van der Waals surface area contributed by atoms with E-state index in [0.29, 0.717) is 5.88 Å². The van der Waals surface area contributed by atoms with Crippen LogP contribution in [0.4, 0.5) is 0 Å². The standard InChI is InChI=1S/C15H16Br2N2O/c1-2-6-18-10-11-5-7-19-15(8-11)20-14-4-3-12(16)9-13(14)17/h3-5,7-9,18H,2,6,10H2,1H3. The Morgan fingerprint density at radius 2 is 2.05 bits per heavy atom. The molecular weight excluding hydrogens is 384 g/mol. The largest absolute Gasteiger partial charge is 0.438 e. The van der Waals surface area contributed by atoms with Gasteiger partial charge in [0.1, 0.15) is 5.75 Å². The van der Waals surface area contributed by atoms with Crippen molar-refractivity contribution in [3.8, 4) is 11.6 Å². The molecule has 0 unspecified atom stereocenters. The number of nitrogens with zero attached hydrogens (tertiary/aromatic N) is 1. The number of halogens is 2. The van der Waals surface area contributed by atoms with Gasteiger partial charge < -0.3 is 10.1 Å². The van der Waals surface area contributed by atoms with Gasteiger partial charge in [-0.2, -0.15) is 0 Å². The monoisotopic (exact) mass is 398 g/mol. The number of ether oxygens (including phenoxy) is 1. The zero-order chi connectivity index (χ0) is 14.4. The minimum Gasteiger partial charge on any atom is -0.438 e. The van der Waals surface area contributed by atoms with E-state index in [0.717, 1.165) is 39.8 Å². The van der Waals surface area contributed by atoms with Gasteiger partial charge >= 0.3 is 0 Å². The Labute approximate surface area is 136 Å². The van der Waals surface area contributed by atoms with Crippen LogP contribution >= 0.6 is 31.9 Å². The first-order valence-electron chi connectivity index (χ1n) is 6.47. The molecule has 0 spiro atoms. The molecular formula is C15H16Br2N2O. The first-order valence-corrected chi connectivity index (χ1v) is 8.06. The molecule has 0 amide bonds. The van der Waals surface area contributed by atoms with Crippen LogP contribution in [-0.4, -0.2) is 11.5 Å². The molecule has 20 heavy (non-hydrogen) atoms. The summed E-state index contributed by atoms with van der Waals surface area (Å²) in [6.45, 7) is 3.99. The molecule has 0 aliphatic rings. The summed E-state index contributed by atoms with van der Waals surface area (Å²) >= 11 is 6.90. The lowest BCUT2D eigenvalue weighted by atomic mass is 10.2. The predicted molar refractivity (Wildman–Crippen MR) is 88.2 cm³/mol. The van der Waals surface area contributed by atoms with Crippen LogP contribution in [0.5, 0.6) is 11.6 Å². The molecule has 0 atom stereocenters. The quantitative estimate of drug-likeness (QED) is 0.701. The van der Waals surface area contributed by atoms with Crippen LogP contribution in [0.25, 0.3) is 0 Å². The molecule has 1 heterocycles. The average Bonchev–Trinajstić information content (AvgIpc) is 2.43. The second kappa shape index (κ2) is 7.76. The van der Waals surface area contributed by atoms with Gasteiger partial charge in [-0.05, 0) is 58.7 Å². The minimum atomic E-state index is 0.601. The molecule has 0 aliphatic heterocycles. The Morgan fingerprint density at radius 3 is 2.80 bits per heavy atom. The van der Waals surface area contributed by atoms with Gasteiger partial charge in [-0.3, -0.25) is 0 Å². The van der Waals surface area contributed by atoms with E-state index < -0.39 is 0 Å². The van der Waals surface area contributed by atoms with Crippen molar-refractivity contribution in [3.63, 3.8) is 0 Å². The maximum atomic E-state index is 5.80. The molecule has 106 valence electrons. The number of hydrogen-bond donors (Lipinski definition) is 1. The van der Waals surface area contributed by atoms with E-state index in [1.807, 2.05) is 30.3 Å². The first kappa shape index (κ1) is 15.5. The van der Waals surface area contributed by atoms with Crippen LogP contribution in [0.1, 0.15) is 18.9 Å². The SMILES string of the molecule is CCCNCc1ccnc(Oc2ccc(Br)cc2Br)c1. The highest BCUT2D eigenvalue weighted by atomic mass is 79.9. The zero-order valence-corrected chi connectivity index (χ0v) is 14.4. The summed E-state index contributed by atoms with van der Waals surface area (Å²) in [4.78, 5) is 4.24. The summed E-state index contributed by atoms with van der Waals surface area (Å²) in [6.07, 6.45) is 2.89. The molecule has 0 bridgehead atoms. The highest BCUT2D eigenvalue weighted by molar-refractivity contribution is 9.11. The summed E-state index contributed by atoms with van der Waals surface area (Å²) in [6, 6.07) is 9.73. The number of rotatable bonds is 6. The van der Waals surface area contributed by atoms with Gasteiger partial charge in [-0.15, -0.1) is 0 Å². The Bertz CT molecular complexity index is 576. The summed E-state index contributed by atoms with van der Waals surface area (Å²) in [5, 5.41) is 3.36. The molecule has 1 aromatic heterocycles. The number of aromatic nitrogens is 1. The fraction of sp³-hybridized carbons (Fsp3) is 0.267. The van der Waals surface area contributed by atoms with E-state index in [4.69, 9.17) is 4.74 Å². The van der Waals surface area contributed by atoms with Gasteiger partial charge in [0.2, 0.25) is 5.88 Å². The van der Waals surface area contributed by atoms with E-state index >= 15 is 0 Å². The number of hydrogen-bond acceptors (Lipinski definition) is 3. The van der Waals surface area contributed by atoms with Crippen molar-refractivity contribution in [1.82, 2.24) is 10.3 Å². The molecule has 3 nitrogen and oxygen atoms in total. The van der Waals surface area contributed by atoms with Crippen LogP contribution in [-0.2, 0) is 6.54 Å². The molecule has 0 aliphatic carbocycles. The van der Waals surface area contributed by atoms with Gasteiger partial charge in [0.05, 0.1) is 4.47 Å². The molecule has 5 heteroatoms. The second-order valence-corrected chi connectivity index (χ2v) is 6.13. The van der Waals surface area contributed by atoms with Crippen molar-refractivity contribution in [2.45, 2.75) is 19.9 Å². The maximum Gasteiger partial charge on any atom is 0.219 e. The van der Waals surface area contributed by atoms with Gasteiger partial charge in [0.15, 0.2) is 0 Å². The van der Waals surface area contributed by atoms with E-state index in [-0.39, 0.29) is 0 Å². The van der Waals surface area contributed by atoms with Gasteiger partial charge in [-0.25, -0.2) is 4.98 Å². The van der Waals surface area contributed by atoms with Crippen LogP contribution in [0.3, 0.4) is 0 Å². The topological polar surface area (TPSA) is 34.2 Å². The van der Waals surface area contributed by atoms with Gasteiger partial charge in [0, 0.05) is 23.3 Å². The Kier molecular flexibility index (Phi) is 6.01. The third-order valence-corrected chi connectivity index (χ3v) is 3.78. The third-order valence-electron chi connectivity index (χ3n) is 2.66. The van der Waals surface area contributed by atoms with E-state index in [1.54, 1.807) is 6.20 Å². The Morgan fingerprint density at radius 1 is 1.20 bits per heavy atom. The van der Waals surface area contributed by atoms with Gasteiger partial charge in [0.25, 0.3) is 0 Å². The Hall–Kier alpha value is -0.910. The lowest BCUT2D eigenvalue weighted by Gasteiger charge is -2.09. The third kappa shape index (κ3) is 4.58. The van der Waals surface area contributed by atoms with Crippen LogP contribution in [0.15, 0.2) is 45.5 Å². The minimum absolute atomic E-state index is 0.601. The van der Waals surface area contributed by atoms with Crippen LogP contribution in [0, 0.1) is 0 Å². The molecule has 0 saturated heterocycles. The van der Waals surface area contributed by atoms with Crippen LogP contribution in [0.2, 0.25) is 0 Å². The van der Waals surface area contributed by atoms with Gasteiger partial charge in [-0.1, -0.05) is 22.9 Å². The Balaban J connectivity index is 2.07. The van der Waals surface area contributed by atoms with Crippen molar-refractivity contribution in [1.29, 1.82) is 0 Å². The molecule has 2 rings (SSSR count). The lowest BCUT2D eigenvalue weighted by Crippen LogP contribution is -2.13. The summed E-state index contributed by atoms with van der Waals surface area (Å²) in [5.74, 6) is 1.35. The van der Waals surface area contributed by atoms with Crippen molar-refractivity contribution in [3.05, 3.63) is 51.0 Å². The van der Waals surface area contributed by atoms with Crippen molar-refractivity contribution in [2.75, 3.05) is 6.54 Å². The van der Waals surface area contributed by atoms with E-state index in [1.165, 1.54) is 0 Å².